The van der Waals surface area contributed by atoms with Crippen molar-refractivity contribution in [1.82, 2.24) is 0 Å². The van der Waals surface area contributed by atoms with Crippen LogP contribution >= 0.6 is 0 Å². The smallest absolute Gasteiger partial charge is 0.306 e. The molecule has 0 bridgehead atoms. The highest BCUT2D eigenvalue weighted by molar-refractivity contribution is 5.73. The second-order valence-corrected chi connectivity index (χ2v) is 7.18. The third kappa shape index (κ3) is 11.6. The van der Waals surface area contributed by atoms with Crippen molar-refractivity contribution in [3.05, 3.63) is 0 Å². The van der Waals surface area contributed by atoms with E-state index in [1.807, 2.05) is 27.7 Å². The van der Waals surface area contributed by atoms with Crippen molar-refractivity contribution < 1.29 is 19.1 Å². The number of esters is 2. The molecule has 0 fully saturated rings. The van der Waals surface area contributed by atoms with E-state index in [1.54, 1.807) is 0 Å². The number of carbonyl (C=O) groups excluding carboxylic acids is 2. The molecular weight excluding hydrogens is 280 g/mol. The molecule has 22 heavy (non-hydrogen) atoms. The summed E-state index contributed by atoms with van der Waals surface area (Å²) in [5.41, 5.74) is 0. The Morgan fingerprint density at radius 1 is 0.818 bits per heavy atom. The summed E-state index contributed by atoms with van der Waals surface area (Å²) in [7, 11) is 0. The van der Waals surface area contributed by atoms with Gasteiger partial charge in [0, 0.05) is 12.8 Å². The molecule has 0 aliphatic heterocycles. The molecule has 1 atom stereocenters. The first-order valence-corrected chi connectivity index (χ1v) is 8.55. The Morgan fingerprint density at radius 3 is 1.55 bits per heavy atom. The van der Waals surface area contributed by atoms with Crippen molar-refractivity contribution in [3.8, 4) is 0 Å². The van der Waals surface area contributed by atoms with Crippen LogP contribution in [-0.2, 0) is 19.1 Å². The van der Waals surface area contributed by atoms with Crippen molar-refractivity contribution in [2.24, 2.45) is 23.7 Å². The summed E-state index contributed by atoms with van der Waals surface area (Å²) in [6.45, 7) is 13.2. The number of hydrogen-bond donors (Lipinski definition) is 0. The van der Waals surface area contributed by atoms with Crippen LogP contribution < -0.4 is 0 Å². The van der Waals surface area contributed by atoms with Gasteiger partial charge in [-0.15, -0.1) is 0 Å². The second-order valence-electron chi connectivity index (χ2n) is 7.18. The average Bonchev–Trinajstić information content (AvgIpc) is 2.42. The van der Waals surface area contributed by atoms with E-state index in [-0.39, 0.29) is 17.9 Å². The zero-order chi connectivity index (χ0) is 17.1. The molecule has 0 aromatic carbocycles. The van der Waals surface area contributed by atoms with Gasteiger partial charge in [0.1, 0.15) is 0 Å². The summed E-state index contributed by atoms with van der Waals surface area (Å²) in [5, 5.41) is 0. The summed E-state index contributed by atoms with van der Waals surface area (Å²) < 4.78 is 10.5. The molecule has 0 aliphatic carbocycles. The summed E-state index contributed by atoms with van der Waals surface area (Å²) >= 11 is 0. The van der Waals surface area contributed by atoms with Gasteiger partial charge in [0.25, 0.3) is 0 Å². The lowest BCUT2D eigenvalue weighted by Crippen LogP contribution is -2.20. The molecule has 130 valence electrons. The number of carbonyl (C=O) groups is 2. The highest BCUT2D eigenvalue weighted by Crippen LogP contribution is 2.22. The van der Waals surface area contributed by atoms with Gasteiger partial charge in [-0.05, 0) is 30.1 Å². The molecule has 4 nitrogen and oxygen atoms in total. The summed E-state index contributed by atoms with van der Waals surface area (Å²) in [6.07, 6.45) is 2.49. The highest BCUT2D eigenvalue weighted by Gasteiger charge is 2.21. The maximum Gasteiger partial charge on any atom is 0.306 e. The Kier molecular flexibility index (Phi) is 10.9. The van der Waals surface area contributed by atoms with Crippen molar-refractivity contribution in [1.29, 1.82) is 0 Å². The molecule has 1 unspecified atom stereocenters. The monoisotopic (exact) mass is 314 g/mol. The molecule has 0 saturated heterocycles. The Hall–Kier alpha value is -1.06. The largest absolute Gasteiger partial charge is 0.465 e. The molecular formula is C18H34O4. The molecule has 0 aliphatic rings. The van der Waals surface area contributed by atoms with Crippen LogP contribution in [0.1, 0.15) is 67.2 Å². The van der Waals surface area contributed by atoms with E-state index < -0.39 is 0 Å². The Labute approximate surface area is 135 Å². The van der Waals surface area contributed by atoms with Crippen molar-refractivity contribution >= 4 is 11.9 Å². The average molecular weight is 314 g/mol. The Balaban J connectivity index is 4.42. The lowest BCUT2D eigenvalue weighted by atomic mass is 9.89. The maximum atomic E-state index is 11.9. The molecule has 0 N–H and O–H groups in total. The zero-order valence-corrected chi connectivity index (χ0v) is 15.2. The van der Waals surface area contributed by atoms with E-state index in [2.05, 4.69) is 13.8 Å². The second kappa shape index (κ2) is 11.5. The van der Waals surface area contributed by atoms with Crippen LogP contribution in [-0.4, -0.2) is 25.2 Å². The van der Waals surface area contributed by atoms with Crippen LogP contribution in [0.2, 0.25) is 0 Å². The van der Waals surface area contributed by atoms with Crippen molar-refractivity contribution in [3.63, 3.8) is 0 Å². The minimum absolute atomic E-state index is 0.00859. The van der Waals surface area contributed by atoms with Crippen LogP contribution in [0.4, 0.5) is 0 Å². The van der Waals surface area contributed by atoms with Crippen LogP contribution in [0.15, 0.2) is 0 Å². The minimum Gasteiger partial charge on any atom is -0.465 e. The van der Waals surface area contributed by atoms with E-state index in [4.69, 9.17) is 9.47 Å². The molecule has 0 aromatic rings. The fraction of sp³-hybridized carbons (Fsp3) is 0.889. The molecule has 0 amide bonds. The van der Waals surface area contributed by atoms with E-state index >= 15 is 0 Å². The lowest BCUT2D eigenvalue weighted by Gasteiger charge is -2.19. The summed E-state index contributed by atoms with van der Waals surface area (Å²) in [4.78, 5) is 23.8. The summed E-state index contributed by atoms with van der Waals surface area (Å²) in [6, 6.07) is 0. The normalized spacial score (nSPS) is 12.8. The lowest BCUT2D eigenvalue weighted by molar-refractivity contribution is -0.148. The van der Waals surface area contributed by atoms with E-state index in [1.165, 1.54) is 0 Å². The molecule has 0 rings (SSSR count). The van der Waals surface area contributed by atoms with E-state index in [0.29, 0.717) is 43.8 Å². The van der Waals surface area contributed by atoms with Gasteiger partial charge in [-0.25, -0.2) is 0 Å². The van der Waals surface area contributed by atoms with Gasteiger partial charge in [0.05, 0.1) is 13.2 Å². The molecule has 0 radical (unpaired) electrons. The van der Waals surface area contributed by atoms with E-state index in [0.717, 1.165) is 12.8 Å². The predicted octanol–water partition coefficient (Wildman–Crippen LogP) is 4.22. The molecule has 0 spiro atoms. The van der Waals surface area contributed by atoms with Crippen LogP contribution in [0.25, 0.3) is 0 Å². The van der Waals surface area contributed by atoms with Gasteiger partial charge < -0.3 is 9.47 Å². The fourth-order valence-electron chi connectivity index (χ4n) is 2.08. The number of hydrogen-bond acceptors (Lipinski definition) is 4. The molecule has 4 heteroatoms. The fourth-order valence-corrected chi connectivity index (χ4v) is 2.08. The van der Waals surface area contributed by atoms with Gasteiger partial charge in [0.2, 0.25) is 0 Å². The predicted molar refractivity (Wildman–Crippen MR) is 88.4 cm³/mol. The maximum absolute atomic E-state index is 11.9. The molecule has 0 heterocycles. The van der Waals surface area contributed by atoms with Gasteiger partial charge >= 0.3 is 11.9 Å². The summed E-state index contributed by atoms with van der Waals surface area (Å²) in [5.74, 6) is 0.730. The first kappa shape index (κ1) is 20.9. The van der Waals surface area contributed by atoms with Crippen molar-refractivity contribution in [2.45, 2.75) is 67.2 Å². The molecule has 0 aromatic heterocycles. The van der Waals surface area contributed by atoms with Gasteiger partial charge in [-0.1, -0.05) is 48.0 Å². The van der Waals surface area contributed by atoms with Gasteiger partial charge in [-0.2, -0.15) is 0 Å². The highest BCUT2D eigenvalue weighted by atomic mass is 16.5. The van der Waals surface area contributed by atoms with Gasteiger partial charge in [-0.3, -0.25) is 9.59 Å². The van der Waals surface area contributed by atoms with Crippen LogP contribution in [0, 0.1) is 23.7 Å². The topological polar surface area (TPSA) is 52.6 Å². The van der Waals surface area contributed by atoms with Crippen LogP contribution in [0.3, 0.4) is 0 Å². The molecule has 0 saturated carbocycles. The van der Waals surface area contributed by atoms with Crippen LogP contribution in [0.5, 0.6) is 0 Å². The Bertz CT molecular complexity index is 297. The number of rotatable bonds is 11. The van der Waals surface area contributed by atoms with E-state index in [9.17, 15) is 9.59 Å². The first-order valence-electron chi connectivity index (χ1n) is 8.55. The van der Waals surface area contributed by atoms with Gasteiger partial charge in [0.15, 0.2) is 0 Å². The quantitative estimate of drug-likeness (QED) is 0.536. The minimum atomic E-state index is -0.210. The standard InChI is InChI=1S/C18H34O4/c1-7-15(6)8-16(9-17(19)21-11-13(2)3)10-18(20)22-12-14(4)5/h13-16H,7-12H2,1-6H3. The first-order chi connectivity index (χ1) is 10.2. The zero-order valence-electron chi connectivity index (χ0n) is 15.2. The third-order valence-corrected chi connectivity index (χ3v) is 3.50. The third-order valence-electron chi connectivity index (χ3n) is 3.50. The SMILES string of the molecule is CCC(C)CC(CC(=O)OCC(C)C)CC(=O)OCC(C)C. The number of ether oxygens (including phenoxy) is 2. The Morgan fingerprint density at radius 2 is 1.23 bits per heavy atom. The van der Waals surface area contributed by atoms with Crippen molar-refractivity contribution in [2.75, 3.05) is 13.2 Å².